The van der Waals surface area contributed by atoms with Crippen LogP contribution in [-0.2, 0) is 11.3 Å². The van der Waals surface area contributed by atoms with E-state index in [-0.39, 0.29) is 0 Å². The Kier molecular flexibility index (Phi) is 4.24. The summed E-state index contributed by atoms with van der Waals surface area (Å²) in [5.74, 6) is 3.41. The number of nitrogens with two attached hydrogens (primary N) is 1. The van der Waals surface area contributed by atoms with Crippen LogP contribution in [0.15, 0.2) is 6.07 Å². The van der Waals surface area contributed by atoms with E-state index in [0.29, 0.717) is 36.1 Å². The van der Waals surface area contributed by atoms with Gasteiger partial charge in [0.2, 0.25) is 0 Å². The highest BCUT2D eigenvalue weighted by Gasteiger charge is 2.29. The number of anilines is 2. The first-order valence-corrected chi connectivity index (χ1v) is 6.90. The standard InChI is InChI=1S/C14H24N4O/c1-9-5-10(2)11(3)18(7-9)14-6-12(15)16-13(17-14)8-19-4/h6,9-11H,5,7-8H2,1-4H3,(H2,15,16,17). The average molecular weight is 264 g/mol. The molecule has 5 nitrogen and oxygen atoms in total. The maximum atomic E-state index is 5.88. The SMILES string of the molecule is COCc1nc(N)cc(N2CC(C)CC(C)C2C)n1. The maximum absolute atomic E-state index is 5.88. The fourth-order valence-corrected chi connectivity index (χ4v) is 2.86. The molecule has 1 fully saturated rings. The number of hydrogen-bond acceptors (Lipinski definition) is 5. The van der Waals surface area contributed by atoms with Crippen molar-refractivity contribution in [1.82, 2.24) is 9.97 Å². The first-order valence-electron chi connectivity index (χ1n) is 6.90. The van der Waals surface area contributed by atoms with Crippen LogP contribution < -0.4 is 10.6 Å². The van der Waals surface area contributed by atoms with Crippen molar-refractivity contribution in [1.29, 1.82) is 0 Å². The van der Waals surface area contributed by atoms with E-state index in [0.717, 1.165) is 12.4 Å². The van der Waals surface area contributed by atoms with Gasteiger partial charge >= 0.3 is 0 Å². The minimum absolute atomic E-state index is 0.394. The zero-order valence-corrected chi connectivity index (χ0v) is 12.3. The van der Waals surface area contributed by atoms with E-state index in [1.807, 2.05) is 6.07 Å². The number of nitrogen functional groups attached to an aromatic ring is 1. The summed E-state index contributed by atoms with van der Waals surface area (Å²) in [6.45, 7) is 8.26. The number of nitrogens with zero attached hydrogens (tertiary/aromatic N) is 3. The van der Waals surface area contributed by atoms with Gasteiger partial charge in [-0.1, -0.05) is 13.8 Å². The number of rotatable bonds is 3. The van der Waals surface area contributed by atoms with Gasteiger partial charge in [-0.2, -0.15) is 0 Å². The van der Waals surface area contributed by atoms with E-state index in [1.165, 1.54) is 6.42 Å². The second kappa shape index (κ2) is 5.74. The smallest absolute Gasteiger partial charge is 0.158 e. The molecule has 1 aromatic heterocycles. The van der Waals surface area contributed by atoms with Crippen LogP contribution in [0.25, 0.3) is 0 Å². The lowest BCUT2D eigenvalue weighted by Crippen LogP contribution is -2.46. The normalized spacial score (nSPS) is 27.6. The topological polar surface area (TPSA) is 64.3 Å². The quantitative estimate of drug-likeness (QED) is 0.905. The number of ether oxygens (including phenoxy) is 1. The van der Waals surface area contributed by atoms with Crippen molar-refractivity contribution in [2.75, 3.05) is 24.3 Å². The molecule has 2 heterocycles. The lowest BCUT2D eigenvalue weighted by atomic mass is 9.86. The molecule has 3 unspecified atom stereocenters. The monoisotopic (exact) mass is 264 g/mol. The summed E-state index contributed by atoms with van der Waals surface area (Å²) in [5, 5.41) is 0. The van der Waals surface area contributed by atoms with Crippen LogP contribution >= 0.6 is 0 Å². The Labute approximate surface area is 115 Å². The summed E-state index contributed by atoms with van der Waals surface area (Å²) in [6.07, 6.45) is 1.27. The first kappa shape index (κ1) is 14.1. The molecule has 0 radical (unpaired) electrons. The molecular formula is C14H24N4O. The molecule has 1 aromatic rings. The molecule has 1 aliphatic heterocycles. The van der Waals surface area contributed by atoms with E-state index < -0.39 is 0 Å². The Morgan fingerprint density at radius 2 is 2.11 bits per heavy atom. The highest BCUT2D eigenvalue weighted by atomic mass is 16.5. The molecule has 0 aromatic carbocycles. The highest BCUT2D eigenvalue weighted by molar-refractivity contribution is 5.48. The van der Waals surface area contributed by atoms with Crippen LogP contribution in [0.3, 0.4) is 0 Å². The van der Waals surface area contributed by atoms with Gasteiger partial charge in [0.25, 0.3) is 0 Å². The van der Waals surface area contributed by atoms with Crippen molar-refractivity contribution < 1.29 is 4.74 Å². The summed E-state index contributed by atoms with van der Waals surface area (Å²) < 4.78 is 5.10. The van der Waals surface area contributed by atoms with Gasteiger partial charge in [0.15, 0.2) is 5.82 Å². The Balaban J connectivity index is 2.28. The summed E-state index contributed by atoms with van der Waals surface area (Å²) in [5.41, 5.74) is 5.88. The zero-order chi connectivity index (χ0) is 14.0. The third-order valence-corrected chi connectivity index (χ3v) is 3.94. The molecule has 19 heavy (non-hydrogen) atoms. The Morgan fingerprint density at radius 1 is 1.37 bits per heavy atom. The molecule has 0 bridgehead atoms. The molecule has 5 heteroatoms. The molecule has 0 saturated carbocycles. The lowest BCUT2D eigenvalue weighted by molar-refractivity contribution is 0.178. The summed E-state index contributed by atoms with van der Waals surface area (Å²) >= 11 is 0. The lowest BCUT2D eigenvalue weighted by Gasteiger charge is -2.42. The van der Waals surface area contributed by atoms with Crippen molar-refractivity contribution in [2.24, 2.45) is 11.8 Å². The summed E-state index contributed by atoms with van der Waals surface area (Å²) in [6, 6.07) is 2.33. The second-order valence-corrected chi connectivity index (χ2v) is 5.71. The fraction of sp³-hybridized carbons (Fsp3) is 0.714. The van der Waals surface area contributed by atoms with Gasteiger partial charge in [-0.3, -0.25) is 0 Å². The number of piperidine rings is 1. The van der Waals surface area contributed by atoms with Crippen molar-refractivity contribution in [3.8, 4) is 0 Å². The Hall–Kier alpha value is -1.36. The second-order valence-electron chi connectivity index (χ2n) is 5.71. The highest BCUT2D eigenvalue weighted by Crippen LogP contribution is 2.30. The van der Waals surface area contributed by atoms with Gasteiger partial charge < -0.3 is 15.4 Å². The molecular weight excluding hydrogens is 240 g/mol. The first-order chi connectivity index (χ1) is 9.01. The van der Waals surface area contributed by atoms with Gasteiger partial charge in [-0.15, -0.1) is 0 Å². The van der Waals surface area contributed by atoms with Crippen LogP contribution in [0, 0.1) is 11.8 Å². The molecule has 0 amide bonds. The van der Waals surface area contributed by atoms with E-state index in [4.69, 9.17) is 10.5 Å². The third kappa shape index (κ3) is 3.15. The van der Waals surface area contributed by atoms with Crippen molar-refractivity contribution >= 4 is 11.6 Å². The van der Waals surface area contributed by atoms with Gasteiger partial charge in [0.1, 0.15) is 18.2 Å². The average Bonchev–Trinajstić information content (AvgIpc) is 2.33. The third-order valence-electron chi connectivity index (χ3n) is 3.94. The van der Waals surface area contributed by atoms with E-state index in [9.17, 15) is 0 Å². The van der Waals surface area contributed by atoms with Gasteiger partial charge in [0.05, 0.1) is 0 Å². The predicted octanol–water partition coefficient (Wildman–Crippen LogP) is 2.08. The van der Waals surface area contributed by atoms with E-state index >= 15 is 0 Å². The molecule has 0 aliphatic carbocycles. The number of aromatic nitrogens is 2. The van der Waals surface area contributed by atoms with E-state index in [2.05, 4.69) is 35.6 Å². The maximum Gasteiger partial charge on any atom is 0.158 e. The fourth-order valence-electron chi connectivity index (χ4n) is 2.86. The van der Waals surface area contributed by atoms with Crippen LogP contribution in [0.4, 0.5) is 11.6 Å². The van der Waals surface area contributed by atoms with Crippen LogP contribution in [-0.4, -0.2) is 29.7 Å². The number of hydrogen-bond donors (Lipinski definition) is 1. The largest absolute Gasteiger partial charge is 0.384 e. The van der Waals surface area contributed by atoms with Gasteiger partial charge in [0, 0.05) is 25.8 Å². The number of methoxy groups -OCH3 is 1. The molecule has 2 N–H and O–H groups in total. The van der Waals surface area contributed by atoms with E-state index in [1.54, 1.807) is 7.11 Å². The summed E-state index contributed by atoms with van der Waals surface area (Å²) in [4.78, 5) is 11.1. The Bertz CT molecular complexity index is 437. The van der Waals surface area contributed by atoms with Crippen molar-refractivity contribution in [3.63, 3.8) is 0 Å². The van der Waals surface area contributed by atoms with Crippen LogP contribution in [0.2, 0.25) is 0 Å². The molecule has 106 valence electrons. The van der Waals surface area contributed by atoms with Crippen LogP contribution in [0.5, 0.6) is 0 Å². The molecule has 1 saturated heterocycles. The molecule has 3 atom stereocenters. The van der Waals surface area contributed by atoms with Crippen molar-refractivity contribution in [3.05, 3.63) is 11.9 Å². The van der Waals surface area contributed by atoms with Gasteiger partial charge in [-0.25, -0.2) is 9.97 Å². The van der Waals surface area contributed by atoms with Gasteiger partial charge in [-0.05, 0) is 25.2 Å². The predicted molar refractivity (Wildman–Crippen MR) is 76.9 cm³/mol. The minimum atomic E-state index is 0.394. The van der Waals surface area contributed by atoms with Crippen molar-refractivity contribution in [2.45, 2.75) is 39.8 Å². The molecule has 2 rings (SSSR count). The zero-order valence-electron chi connectivity index (χ0n) is 12.3. The summed E-state index contributed by atoms with van der Waals surface area (Å²) in [7, 11) is 1.64. The molecule has 0 spiro atoms. The minimum Gasteiger partial charge on any atom is -0.384 e. The van der Waals surface area contributed by atoms with Crippen LogP contribution in [0.1, 0.15) is 33.0 Å². The Morgan fingerprint density at radius 3 is 2.79 bits per heavy atom. The molecule has 1 aliphatic rings.